The summed E-state index contributed by atoms with van der Waals surface area (Å²) in [5, 5.41) is 9.38. The molecule has 1 aromatic heterocycles. The highest BCUT2D eigenvalue weighted by Gasteiger charge is 2.28. The maximum absolute atomic E-state index is 14.0. The number of rotatable bonds is 8. The normalized spacial score (nSPS) is 15.1. The number of aryl methyl sites for hydroxylation is 1. The number of aromatic nitrogens is 2. The Labute approximate surface area is 245 Å². The first-order chi connectivity index (χ1) is 20.1. The van der Waals surface area contributed by atoms with E-state index in [0.717, 1.165) is 67.8 Å². The summed E-state index contributed by atoms with van der Waals surface area (Å²) < 4.78 is 14.0. The molecule has 1 aliphatic heterocycles. The molecule has 0 bridgehead atoms. The van der Waals surface area contributed by atoms with Crippen LogP contribution in [0.3, 0.4) is 0 Å². The Morgan fingerprint density at radius 3 is 2.49 bits per heavy atom. The monoisotopic (exact) mass is 562 g/mol. The Bertz CT molecular complexity index is 1660. The molecular formula is C35H32ClFN4. The molecule has 41 heavy (non-hydrogen) atoms. The SMILES string of the molecule is N#Cc1cccc(-c2ccc(C(CCc3nc4c(Cl)c(F)ccc4[nH]3)C3CCN(Cc4ccccc4)CC3)cc2)c1. The lowest BCUT2D eigenvalue weighted by Crippen LogP contribution is -2.35. The molecule has 6 rings (SSSR count). The van der Waals surface area contributed by atoms with Crippen LogP contribution in [0.2, 0.25) is 5.02 Å². The summed E-state index contributed by atoms with van der Waals surface area (Å²) in [6, 6.07) is 32.6. The Balaban J connectivity index is 1.21. The molecule has 206 valence electrons. The van der Waals surface area contributed by atoms with E-state index < -0.39 is 5.82 Å². The minimum absolute atomic E-state index is 0.0726. The number of nitrogens with one attached hydrogen (secondary N) is 1. The van der Waals surface area contributed by atoms with E-state index in [1.54, 1.807) is 6.07 Å². The fraction of sp³-hybridized carbons (Fsp3) is 0.257. The molecular weight excluding hydrogens is 531 g/mol. The molecule has 1 fully saturated rings. The predicted octanol–water partition coefficient (Wildman–Crippen LogP) is 8.52. The summed E-state index contributed by atoms with van der Waals surface area (Å²) in [5.74, 6) is 1.32. The maximum atomic E-state index is 14.0. The van der Waals surface area contributed by atoms with Gasteiger partial charge < -0.3 is 4.98 Å². The van der Waals surface area contributed by atoms with E-state index in [1.165, 1.54) is 17.2 Å². The molecule has 1 N–H and O–H groups in total. The minimum Gasteiger partial charge on any atom is -0.342 e. The highest BCUT2D eigenvalue weighted by Crippen LogP contribution is 2.37. The summed E-state index contributed by atoms with van der Waals surface area (Å²) in [4.78, 5) is 10.6. The van der Waals surface area contributed by atoms with Crippen molar-refractivity contribution in [2.45, 2.75) is 38.1 Å². The molecule has 1 saturated heterocycles. The van der Waals surface area contributed by atoms with Crippen LogP contribution in [0, 0.1) is 23.1 Å². The van der Waals surface area contributed by atoms with Crippen molar-refractivity contribution in [1.82, 2.24) is 14.9 Å². The van der Waals surface area contributed by atoms with E-state index >= 15 is 0 Å². The second-order valence-electron chi connectivity index (χ2n) is 11.0. The number of nitriles is 1. The lowest BCUT2D eigenvalue weighted by atomic mass is 9.77. The van der Waals surface area contributed by atoms with Crippen LogP contribution in [-0.4, -0.2) is 28.0 Å². The first kappa shape index (κ1) is 27.2. The number of likely N-dealkylation sites (tertiary alicyclic amines) is 1. The fourth-order valence-electron chi connectivity index (χ4n) is 6.20. The van der Waals surface area contributed by atoms with E-state index in [-0.39, 0.29) is 5.02 Å². The van der Waals surface area contributed by atoms with Gasteiger partial charge in [0, 0.05) is 13.0 Å². The van der Waals surface area contributed by atoms with Gasteiger partial charge in [-0.2, -0.15) is 5.26 Å². The third kappa shape index (κ3) is 6.20. The standard InChI is InChI=1S/C35H32ClFN4/c36-34-31(37)14-15-32-35(34)40-33(39-32)16-13-30(28-17-19-41(20-18-28)23-24-5-2-1-3-6-24)27-11-9-26(10-12-27)29-8-4-7-25(21-29)22-38/h1-12,14-15,21,28,30H,13,16-20,23H2,(H,39,40). The van der Waals surface area contributed by atoms with Gasteiger partial charge in [-0.1, -0.05) is 78.3 Å². The Morgan fingerprint density at radius 1 is 0.951 bits per heavy atom. The van der Waals surface area contributed by atoms with Gasteiger partial charge >= 0.3 is 0 Å². The van der Waals surface area contributed by atoms with Crippen LogP contribution >= 0.6 is 11.6 Å². The Morgan fingerprint density at radius 2 is 1.73 bits per heavy atom. The second kappa shape index (κ2) is 12.3. The third-order valence-electron chi connectivity index (χ3n) is 8.40. The van der Waals surface area contributed by atoms with Gasteiger partial charge in [-0.3, -0.25) is 4.90 Å². The molecule has 0 amide bonds. The van der Waals surface area contributed by atoms with Crippen LogP contribution < -0.4 is 0 Å². The number of benzene rings is 4. The molecule has 1 aliphatic rings. The third-order valence-corrected chi connectivity index (χ3v) is 8.76. The molecule has 5 aromatic rings. The Hall–Kier alpha value is -3.98. The number of hydrogen-bond donors (Lipinski definition) is 1. The molecule has 6 heteroatoms. The molecule has 4 nitrogen and oxygen atoms in total. The number of piperidine rings is 1. The average molecular weight is 563 g/mol. The summed E-state index contributed by atoms with van der Waals surface area (Å²) in [5.41, 5.74) is 6.77. The highest BCUT2D eigenvalue weighted by molar-refractivity contribution is 6.35. The number of imidazole rings is 1. The van der Waals surface area contributed by atoms with Gasteiger partial charge in [0.15, 0.2) is 0 Å². The lowest BCUT2D eigenvalue weighted by molar-refractivity contribution is 0.159. The van der Waals surface area contributed by atoms with Crippen molar-refractivity contribution >= 4 is 22.6 Å². The van der Waals surface area contributed by atoms with Crippen molar-refractivity contribution in [3.05, 3.63) is 124 Å². The Kier molecular flexibility index (Phi) is 8.14. The summed E-state index contributed by atoms with van der Waals surface area (Å²) in [7, 11) is 0. The van der Waals surface area contributed by atoms with E-state index in [1.807, 2.05) is 24.3 Å². The molecule has 0 saturated carbocycles. The van der Waals surface area contributed by atoms with Crippen molar-refractivity contribution in [2.24, 2.45) is 5.92 Å². The number of H-pyrrole nitrogens is 1. The zero-order valence-corrected chi connectivity index (χ0v) is 23.6. The highest BCUT2D eigenvalue weighted by atomic mass is 35.5. The van der Waals surface area contributed by atoms with Crippen LogP contribution in [0.15, 0.2) is 91.0 Å². The molecule has 1 atom stereocenters. The van der Waals surface area contributed by atoms with Crippen molar-refractivity contribution in [1.29, 1.82) is 5.26 Å². The van der Waals surface area contributed by atoms with Gasteiger partial charge in [0.2, 0.25) is 0 Å². The molecule has 0 spiro atoms. The van der Waals surface area contributed by atoms with Crippen molar-refractivity contribution in [3.63, 3.8) is 0 Å². The minimum atomic E-state index is -0.447. The number of halogens is 2. The topological polar surface area (TPSA) is 55.7 Å². The van der Waals surface area contributed by atoms with Crippen molar-refractivity contribution in [3.8, 4) is 17.2 Å². The molecule has 4 aromatic carbocycles. The largest absolute Gasteiger partial charge is 0.342 e. The first-order valence-electron chi connectivity index (χ1n) is 14.3. The second-order valence-corrected chi connectivity index (χ2v) is 11.4. The number of aromatic amines is 1. The van der Waals surface area contributed by atoms with Crippen LogP contribution in [0.5, 0.6) is 0 Å². The van der Waals surface area contributed by atoms with Gasteiger partial charge in [-0.05, 0) is 90.7 Å². The maximum Gasteiger partial charge on any atom is 0.144 e. The molecule has 1 unspecified atom stereocenters. The van der Waals surface area contributed by atoms with Crippen LogP contribution in [0.25, 0.3) is 22.2 Å². The van der Waals surface area contributed by atoms with E-state index in [2.05, 4.69) is 75.5 Å². The number of nitrogens with zero attached hydrogens (tertiary/aromatic N) is 3. The van der Waals surface area contributed by atoms with E-state index in [9.17, 15) is 9.65 Å². The zero-order chi connectivity index (χ0) is 28.2. The van der Waals surface area contributed by atoms with E-state index in [0.29, 0.717) is 22.9 Å². The summed E-state index contributed by atoms with van der Waals surface area (Å²) in [6.45, 7) is 3.15. The van der Waals surface area contributed by atoms with Gasteiger partial charge in [-0.25, -0.2) is 9.37 Å². The zero-order valence-electron chi connectivity index (χ0n) is 22.9. The lowest BCUT2D eigenvalue weighted by Gasteiger charge is -2.36. The number of fused-ring (bicyclic) bond motifs is 1. The molecule has 0 aliphatic carbocycles. The van der Waals surface area contributed by atoms with Crippen molar-refractivity contribution < 1.29 is 4.39 Å². The van der Waals surface area contributed by atoms with Crippen LogP contribution in [0.1, 0.15) is 47.7 Å². The van der Waals surface area contributed by atoms with Gasteiger partial charge in [0.05, 0.1) is 17.1 Å². The summed E-state index contributed by atoms with van der Waals surface area (Å²) >= 11 is 6.20. The fourth-order valence-corrected chi connectivity index (χ4v) is 6.41. The summed E-state index contributed by atoms with van der Waals surface area (Å²) in [6.07, 6.45) is 3.97. The van der Waals surface area contributed by atoms with Gasteiger partial charge in [-0.15, -0.1) is 0 Å². The average Bonchev–Trinajstić information content (AvgIpc) is 3.45. The van der Waals surface area contributed by atoms with Crippen LogP contribution in [-0.2, 0) is 13.0 Å². The molecule has 0 radical (unpaired) electrons. The van der Waals surface area contributed by atoms with E-state index in [4.69, 9.17) is 11.6 Å². The first-order valence-corrected chi connectivity index (χ1v) is 14.6. The quantitative estimate of drug-likeness (QED) is 0.206. The predicted molar refractivity (Wildman–Crippen MR) is 163 cm³/mol. The van der Waals surface area contributed by atoms with Crippen LogP contribution in [0.4, 0.5) is 4.39 Å². The van der Waals surface area contributed by atoms with Gasteiger partial charge in [0.25, 0.3) is 0 Å². The van der Waals surface area contributed by atoms with Crippen molar-refractivity contribution in [2.75, 3.05) is 13.1 Å². The van der Waals surface area contributed by atoms with Gasteiger partial charge in [0.1, 0.15) is 22.2 Å². The smallest absolute Gasteiger partial charge is 0.144 e. The molecule has 2 heterocycles. The number of hydrogen-bond acceptors (Lipinski definition) is 3.